The third-order valence-electron chi connectivity index (χ3n) is 4.03. The molecule has 0 bridgehead atoms. The summed E-state index contributed by atoms with van der Waals surface area (Å²) in [7, 11) is 0. The third-order valence-corrected chi connectivity index (χ3v) is 5.24. The number of amides is 3. The Bertz CT molecular complexity index is 1000. The van der Waals surface area contributed by atoms with Crippen LogP contribution < -0.4 is 15.4 Å². The largest absolute Gasteiger partial charge is 0.489 e. The van der Waals surface area contributed by atoms with Crippen molar-refractivity contribution in [1.29, 1.82) is 0 Å². The maximum absolute atomic E-state index is 11.7. The second-order valence-electron chi connectivity index (χ2n) is 6.07. The van der Waals surface area contributed by atoms with Crippen molar-refractivity contribution in [2.24, 2.45) is 0 Å². The van der Waals surface area contributed by atoms with Crippen molar-refractivity contribution in [3.05, 3.63) is 77.2 Å². The van der Waals surface area contributed by atoms with Crippen LogP contribution in [0.5, 0.6) is 5.75 Å². The minimum absolute atomic E-state index is 0.397. The molecule has 2 N–H and O–H groups in total. The van der Waals surface area contributed by atoms with Gasteiger partial charge >= 0.3 is 6.03 Å². The molecule has 2 aromatic carbocycles. The van der Waals surface area contributed by atoms with Crippen LogP contribution in [0.3, 0.4) is 0 Å². The Hall–Kier alpha value is -2.90. The number of ether oxygens (including phenoxy) is 1. The van der Waals surface area contributed by atoms with Crippen LogP contribution in [0.1, 0.15) is 17.4 Å². The Kier molecular flexibility index (Phi) is 5.27. The van der Waals surface area contributed by atoms with Crippen molar-refractivity contribution in [3.8, 4) is 5.75 Å². The van der Waals surface area contributed by atoms with Gasteiger partial charge in [0.1, 0.15) is 24.4 Å². The molecule has 1 atom stereocenters. The molecule has 6 nitrogen and oxygen atoms in total. The fourth-order valence-electron chi connectivity index (χ4n) is 2.64. The summed E-state index contributed by atoms with van der Waals surface area (Å²) in [6.07, 6.45) is 1.56. The Morgan fingerprint density at radius 2 is 1.79 bits per heavy atom. The van der Waals surface area contributed by atoms with Crippen LogP contribution in [-0.4, -0.2) is 11.9 Å². The number of carbonyl (C=O) groups excluding carboxylic acids is 2. The molecular weight excluding hydrogens is 400 g/mol. The van der Waals surface area contributed by atoms with E-state index in [-0.39, 0.29) is 0 Å². The van der Waals surface area contributed by atoms with E-state index in [9.17, 15) is 9.59 Å². The maximum Gasteiger partial charge on any atom is 0.322 e. The molecule has 8 heteroatoms. The lowest BCUT2D eigenvalue weighted by Crippen LogP contribution is -2.22. The summed E-state index contributed by atoms with van der Waals surface area (Å²) >= 11 is 7.36. The highest BCUT2D eigenvalue weighted by Gasteiger charge is 2.33. The first kappa shape index (κ1) is 18.5. The molecule has 0 radical (unpaired) electrons. The van der Waals surface area contributed by atoms with Crippen LogP contribution in [0, 0.1) is 0 Å². The lowest BCUT2D eigenvalue weighted by Gasteiger charge is -2.07. The minimum Gasteiger partial charge on any atom is -0.489 e. The number of imide groups is 1. The fourth-order valence-corrected chi connectivity index (χ4v) is 3.59. The molecule has 142 valence electrons. The quantitative estimate of drug-likeness (QED) is 0.578. The molecule has 0 spiro atoms. The number of furan rings is 1. The van der Waals surface area contributed by atoms with E-state index >= 15 is 0 Å². The summed E-state index contributed by atoms with van der Waals surface area (Å²) in [6, 6.07) is 15.6. The van der Waals surface area contributed by atoms with Gasteiger partial charge in [-0.15, -0.1) is 0 Å². The Morgan fingerprint density at radius 1 is 1.04 bits per heavy atom. The second kappa shape index (κ2) is 8.00. The van der Waals surface area contributed by atoms with Gasteiger partial charge in [0.25, 0.3) is 5.91 Å². The highest BCUT2D eigenvalue weighted by Crippen LogP contribution is 2.32. The molecule has 1 fully saturated rings. The van der Waals surface area contributed by atoms with Crippen molar-refractivity contribution in [1.82, 2.24) is 10.6 Å². The molecule has 4 rings (SSSR count). The molecule has 3 amide bonds. The third kappa shape index (κ3) is 4.32. The highest BCUT2D eigenvalue weighted by molar-refractivity contribution is 7.99. The summed E-state index contributed by atoms with van der Waals surface area (Å²) in [6.45, 7) is 0.462. The number of rotatable bonds is 6. The highest BCUT2D eigenvalue weighted by atomic mass is 35.5. The maximum atomic E-state index is 11.7. The van der Waals surface area contributed by atoms with Crippen LogP contribution in [-0.2, 0) is 11.4 Å². The van der Waals surface area contributed by atoms with Crippen molar-refractivity contribution in [2.45, 2.75) is 22.4 Å². The SMILES string of the molecule is O=C1NC(=O)C(c2cc(Sc3ccc(OCc4ccc(Cl)cc4)cc3)co2)N1. The van der Waals surface area contributed by atoms with Gasteiger partial charge in [-0.3, -0.25) is 10.1 Å². The molecule has 0 saturated carbocycles. The lowest BCUT2D eigenvalue weighted by atomic mass is 10.2. The van der Waals surface area contributed by atoms with Gasteiger partial charge in [0, 0.05) is 9.92 Å². The van der Waals surface area contributed by atoms with Crippen molar-refractivity contribution in [2.75, 3.05) is 0 Å². The number of nitrogens with one attached hydrogen (secondary N) is 2. The van der Waals surface area contributed by atoms with Gasteiger partial charge in [0.15, 0.2) is 6.04 Å². The molecule has 2 heterocycles. The van der Waals surface area contributed by atoms with E-state index in [1.807, 2.05) is 48.5 Å². The summed E-state index contributed by atoms with van der Waals surface area (Å²) in [5.41, 5.74) is 1.04. The van der Waals surface area contributed by atoms with Crippen LogP contribution >= 0.6 is 23.4 Å². The minimum atomic E-state index is -0.787. The van der Waals surface area contributed by atoms with E-state index in [0.29, 0.717) is 17.4 Å². The second-order valence-corrected chi connectivity index (χ2v) is 7.65. The number of carbonyl (C=O) groups is 2. The van der Waals surface area contributed by atoms with Crippen LogP contribution in [0.4, 0.5) is 4.79 Å². The normalized spacial score (nSPS) is 16.0. The van der Waals surface area contributed by atoms with Gasteiger partial charge in [-0.2, -0.15) is 0 Å². The molecule has 28 heavy (non-hydrogen) atoms. The fraction of sp³-hybridized carbons (Fsp3) is 0.100. The Balaban J connectivity index is 1.35. The Labute approximate surface area is 170 Å². The first-order valence-corrected chi connectivity index (χ1v) is 9.61. The van der Waals surface area contributed by atoms with Crippen LogP contribution in [0.15, 0.2) is 75.1 Å². The number of hydrogen-bond acceptors (Lipinski definition) is 5. The van der Waals surface area contributed by atoms with E-state index in [2.05, 4.69) is 10.6 Å². The topological polar surface area (TPSA) is 80.6 Å². The number of hydrogen-bond donors (Lipinski definition) is 2. The molecule has 1 aliphatic heterocycles. The van der Waals surface area contributed by atoms with E-state index in [1.54, 1.807) is 12.3 Å². The average molecular weight is 415 g/mol. The zero-order valence-electron chi connectivity index (χ0n) is 14.5. The molecule has 1 saturated heterocycles. The number of halogens is 1. The van der Waals surface area contributed by atoms with E-state index in [1.165, 1.54) is 11.8 Å². The predicted octanol–water partition coefficient (Wildman–Crippen LogP) is 4.54. The Morgan fingerprint density at radius 3 is 2.46 bits per heavy atom. The van der Waals surface area contributed by atoms with Crippen molar-refractivity contribution in [3.63, 3.8) is 0 Å². The molecule has 1 aromatic heterocycles. The summed E-state index contributed by atoms with van der Waals surface area (Å²) in [5.74, 6) is 0.740. The van der Waals surface area contributed by atoms with E-state index in [4.69, 9.17) is 20.8 Å². The van der Waals surface area contributed by atoms with E-state index < -0.39 is 18.0 Å². The number of benzene rings is 2. The van der Waals surface area contributed by atoms with Gasteiger partial charge in [-0.1, -0.05) is 35.5 Å². The van der Waals surface area contributed by atoms with E-state index in [0.717, 1.165) is 21.1 Å². The molecular formula is C20H15ClN2O4S. The zero-order valence-corrected chi connectivity index (χ0v) is 16.0. The van der Waals surface area contributed by atoms with Crippen LogP contribution in [0.2, 0.25) is 5.02 Å². The van der Waals surface area contributed by atoms with Gasteiger partial charge < -0.3 is 14.5 Å². The van der Waals surface area contributed by atoms with Gasteiger partial charge in [0.2, 0.25) is 0 Å². The number of urea groups is 1. The van der Waals surface area contributed by atoms with Crippen molar-refractivity contribution >= 4 is 35.3 Å². The smallest absolute Gasteiger partial charge is 0.322 e. The van der Waals surface area contributed by atoms with Gasteiger partial charge in [0.05, 0.1) is 4.90 Å². The van der Waals surface area contributed by atoms with Crippen molar-refractivity contribution < 1.29 is 18.7 Å². The average Bonchev–Trinajstić information content (AvgIpc) is 3.28. The van der Waals surface area contributed by atoms with Gasteiger partial charge in [-0.25, -0.2) is 4.79 Å². The molecule has 1 unspecified atom stereocenters. The van der Waals surface area contributed by atoms with Crippen LogP contribution in [0.25, 0.3) is 0 Å². The summed E-state index contributed by atoms with van der Waals surface area (Å²) in [4.78, 5) is 24.7. The molecule has 3 aromatic rings. The predicted molar refractivity (Wildman–Crippen MR) is 104 cm³/mol. The molecule has 1 aliphatic rings. The first-order chi connectivity index (χ1) is 13.6. The zero-order chi connectivity index (χ0) is 19.5. The lowest BCUT2D eigenvalue weighted by molar-refractivity contribution is -0.120. The van der Waals surface area contributed by atoms with Gasteiger partial charge in [-0.05, 0) is 48.0 Å². The summed E-state index contributed by atoms with van der Waals surface area (Å²) in [5, 5.41) is 5.39. The molecule has 0 aliphatic carbocycles. The first-order valence-electron chi connectivity index (χ1n) is 8.42. The monoisotopic (exact) mass is 414 g/mol. The standard InChI is InChI=1S/C20H15ClN2O4S/c21-13-3-1-12(2-4-13)10-26-14-5-7-15(8-6-14)28-16-9-17(27-11-16)18-19(24)23-20(25)22-18/h1-9,11,18H,10H2,(H2,22,23,24,25). The summed E-state index contributed by atoms with van der Waals surface area (Å²) < 4.78 is 11.2.